The Labute approximate surface area is 204 Å². The van der Waals surface area contributed by atoms with Crippen LogP contribution in [-0.2, 0) is 30.6 Å². The van der Waals surface area contributed by atoms with Crippen molar-refractivity contribution >= 4 is 49.4 Å². The molecule has 1 aliphatic rings. The number of carbonyl (C=O) groups is 1. The van der Waals surface area contributed by atoms with Crippen molar-refractivity contribution in [2.24, 2.45) is 0 Å². The van der Waals surface area contributed by atoms with Gasteiger partial charge < -0.3 is 0 Å². The van der Waals surface area contributed by atoms with E-state index in [1.807, 2.05) is 31.2 Å². The summed E-state index contributed by atoms with van der Waals surface area (Å²) in [5.74, 6) is -1.08. The van der Waals surface area contributed by atoms with Crippen LogP contribution in [0.2, 0.25) is 0 Å². The molecule has 3 aromatic carbocycles. The first-order valence-electron chi connectivity index (χ1n) is 10.6. The first kappa shape index (κ1) is 24.7. The van der Waals surface area contributed by atoms with Gasteiger partial charge in [-0.2, -0.15) is 16.9 Å². The molecule has 2 N–H and O–H groups in total. The predicted molar refractivity (Wildman–Crippen MR) is 134 cm³/mol. The molecule has 0 bridgehead atoms. The second-order valence-corrected chi connectivity index (χ2v) is 12.7. The lowest BCUT2D eigenvalue weighted by molar-refractivity contribution is -0.124. The molecular weight excluding hydrogens is 494 g/mol. The number of aryl methyl sites for hydroxylation is 1. The molecule has 0 saturated carbocycles. The molecule has 0 radical (unpaired) electrons. The zero-order valence-electron chi connectivity index (χ0n) is 18.4. The van der Waals surface area contributed by atoms with Gasteiger partial charge in [-0.3, -0.25) is 10.2 Å². The Morgan fingerprint density at radius 3 is 2.38 bits per heavy atom. The average molecular weight is 520 g/mol. The molecule has 0 aromatic heterocycles. The predicted octanol–water partition coefficient (Wildman–Crippen LogP) is 2.36. The van der Waals surface area contributed by atoms with Gasteiger partial charge in [-0.15, -0.1) is 4.83 Å². The second-order valence-electron chi connectivity index (χ2n) is 8.33. The monoisotopic (exact) mass is 519 g/mol. The molecule has 1 heterocycles. The van der Waals surface area contributed by atoms with Crippen molar-refractivity contribution in [3.05, 3.63) is 77.9 Å². The molecule has 180 valence electrons. The van der Waals surface area contributed by atoms with Gasteiger partial charge in [0, 0.05) is 11.8 Å². The third-order valence-corrected chi connectivity index (χ3v) is 9.04. The summed E-state index contributed by atoms with van der Waals surface area (Å²) in [7, 11) is -7.90. The van der Waals surface area contributed by atoms with Crippen LogP contribution < -0.4 is 10.3 Å². The van der Waals surface area contributed by atoms with E-state index in [1.54, 1.807) is 36.4 Å². The molecule has 1 amide bonds. The fourth-order valence-corrected chi connectivity index (χ4v) is 7.03. The van der Waals surface area contributed by atoms with Crippen molar-refractivity contribution < 1.29 is 21.6 Å². The van der Waals surface area contributed by atoms with Crippen molar-refractivity contribution in [3.8, 4) is 0 Å². The Morgan fingerprint density at radius 2 is 1.68 bits per heavy atom. The Balaban J connectivity index is 1.49. The van der Waals surface area contributed by atoms with Gasteiger partial charge in [0.2, 0.25) is 20.0 Å². The number of nitrogens with zero attached hydrogens (tertiary/aromatic N) is 1. The maximum Gasteiger partial charge on any atom is 0.253 e. The van der Waals surface area contributed by atoms with Crippen LogP contribution in [-0.4, -0.2) is 44.9 Å². The smallest absolute Gasteiger partial charge is 0.253 e. The molecule has 3 aromatic rings. The fraction of sp³-hybridized carbons (Fsp3) is 0.261. The van der Waals surface area contributed by atoms with Crippen LogP contribution in [0.5, 0.6) is 0 Å². The minimum absolute atomic E-state index is 0.0342. The van der Waals surface area contributed by atoms with E-state index in [2.05, 4.69) is 22.9 Å². The quantitative estimate of drug-likeness (QED) is 0.328. The van der Waals surface area contributed by atoms with E-state index in [0.29, 0.717) is 5.56 Å². The van der Waals surface area contributed by atoms with Gasteiger partial charge in [0.15, 0.2) is 0 Å². The molecule has 2 atom stereocenters. The van der Waals surface area contributed by atoms with Crippen molar-refractivity contribution in [1.82, 2.24) is 14.6 Å². The largest absolute Gasteiger partial charge is 0.277 e. The third-order valence-electron chi connectivity index (χ3n) is 5.67. The highest BCUT2D eigenvalue weighted by Crippen LogP contribution is 2.30. The summed E-state index contributed by atoms with van der Waals surface area (Å²) in [6.45, 7) is 1.93. The van der Waals surface area contributed by atoms with Crippen LogP contribution >= 0.6 is 12.6 Å². The van der Waals surface area contributed by atoms with Gasteiger partial charge in [-0.05, 0) is 41.8 Å². The fourth-order valence-electron chi connectivity index (χ4n) is 3.90. The number of fused-ring (bicyclic) bond motifs is 1. The van der Waals surface area contributed by atoms with Crippen molar-refractivity contribution in [2.45, 2.75) is 35.3 Å². The molecule has 0 aliphatic carbocycles. The van der Waals surface area contributed by atoms with Crippen LogP contribution in [0, 0.1) is 6.92 Å². The molecule has 0 spiro atoms. The molecule has 0 unspecified atom stereocenters. The van der Waals surface area contributed by atoms with Crippen LogP contribution in [0.15, 0.2) is 71.6 Å². The van der Waals surface area contributed by atoms with E-state index < -0.39 is 32.0 Å². The summed E-state index contributed by atoms with van der Waals surface area (Å²) in [5, 5.41) is 1.29. The van der Waals surface area contributed by atoms with Crippen LogP contribution in [0.4, 0.5) is 0 Å². The Morgan fingerprint density at radius 1 is 1.00 bits per heavy atom. The number of benzene rings is 3. The summed E-state index contributed by atoms with van der Waals surface area (Å²) < 4.78 is 52.7. The van der Waals surface area contributed by atoms with Crippen molar-refractivity contribution in [2.75, 3.05) is 6.54 Å². The minimum Gasteiger partial charge on any atom is -0.277 e. The number of amides is 1. The zero-order valence-corrected chi connectivity index (χ0v) is 20.9. The number of rotatable bonds is 7. The van der Waals surface area contributed by atoms with Gasteiger partial charge in [0.25, 0.3) is 5.91 Å². The molecule has 1 saturated heterocycles. The number of hydrogen-bond acceptors (Lipinski definition) is 6. The maximum absolute atomic E-state index is 13.4. The highest BCUT2D eigenvalue weighted by atomic mass is 32.2. The number of hydrazine groups is 1. The normalized spacial score (nSPS) is 19.4. The lowest BCUT2D eigenvalue weighted by atomic mass is 10.1. The Kier molecular flexibility index (Phi) is 7.02. The highest BCUT2D eigenvalue weighted by Gasteiger charge is 2.43. The van der Waals surface area contributed by atoms with Crippen molar-refractivity contribution in [3.63, 3.8) is 0 Å². The lowest BCUT2D eigenvalue weighted by Gasteiger charge is -2.23. The van der Waals surface area contributed by atoms with Crippen LogP contribution in [0.25, 0.3) is 10.8 Å². The van der Waals surface area contributed by atoms with Gasteiger partial charge in [-0.25, -0.2) is 16.8 Å². The van der Waals surface area contributed by atoms with E-state index in [-0.39, 0.29) is 28.9 Å². The highest BCUT2D eigenvalue weighted by molar-refractivity contribution is 7.89. The summed E-state index contributed by atoms with van der Waals surface area (Å²) in [6.07, 6.45) is 0.154. The number of hydrogen-bond donors (Lipinski definition) is 3. The molecule has 34 heavy (non-hydrogen) atoms. The van der Waals surface area contributed by atoms with E-state index in [4.69, 9.17) is 0 Å². The number of carbonyl (C=O) groups excluding carboxylic acids is 1. The van der Waals surface area contributed by atoms with E-state index in [0.717, 1.165) is 20.6 Å². The Hall–Kier alpha value is -2.44. The second kappa shape index (κ2) is 9.67. The minimum atomic E-state index is -4.02. The summed E-state index contributed by atoms with van der Waals surface area (Å²) in [4.78, 5) is 15.0. The summed E-state index contributed by atoms with van der Waals surface area (Å²) in [5.41, 5.74) is 3.74. The van der Waals surface area contributed by atoms with E-state index in [9.17, 15) is 21.6 Å². The van der Waals surface area contributed by atoms with Gasteiger partial charge in [0.1, 0.15) is 6.04 Å². The first-order valence-corrected chi connectivity index (χ1v) is 14.2. The SMILES string of the molecule is Cc1ccc(CS(=O)(=O)NNC(=O)[C@@H]2C[C@@H](S)CN2S(=O)(=O)c2ccc3ccccc3c2)cc1. The summed E-state index contributed by atoms with van der Waals surface area (Å²) >= 11 is 4.38. The molecule has 1 aliphatic heterocycles. The lowest BCUT2D eigenvalue weighted by Crippen LogP contribution is -2.51. The number of thiol groups is 1. The molecule has 11 heteroatoms. The topological polar surface area (TPSA) is 113 Å². The maximum atomic E-state index is 13.4. The van der Waals surface area contributed by atoms with Crippen LogP contribution in [0.3, 0.4) is 0 Å². The summed E-state index contributed by atoms with van der Waals surface area (Å²) in [6, 6.07) is 18.0. The van der Waals surface area contributed by atoms with Gasteiger partial charge in [-0.1, -0.05) is 60.2 Å². The van der Waals surface area contributed by atoms with Gasteiger partial charge in [0.05, 0.1) is 10.6 Å². The first-order chi connectivity index (χ1) is 16.0. The molecular formula is C23H25N3O5S3. The Bertz CT molecular complexity index is 1420. The van der Waals surface area contributed by atoms with E-state index >= 15 is 0 Å². The van der Waals surface area contributed by atoms with E-state index in [1.165, 1.54) is 6.07 Å². The standard InChI is InChI=1S/C23H25N3O5S3/c1-16-6-8-17(9-7-16)15-33(28,29)25-24-23(27)22-13-20(32)14-26(22)34(30,31)21-11-10-18-4-2-3-5-19(18)12-21/h2-12,20,22,25,32H,13-15H2,1H3,(H,24,27)/t20-,22+/m1/s1. The zero-order chi connectivity index (χ0) is 24.5. The van der Waals surface area contributed by atoms with Crippen LogP contribution in [0.1, 0.15) is 17.5 Å². The molecule has 8 nitrogen and oxygen atoms in total. The molecule has 1 fully saturated rings. The third kappa shape index (κ3) is 5.44. The number of nitrogens with one attached hydrogen (secondary N) is 2. The average Bonchev–Trinajstić information content (AvgIpc) is 3.21. The molecule has 4 rings (SSSR count). The number of sulfonamides is 2. The van der Waals surface area contributed by atoms with Crippen molar-refractivity contribution in [1.29, 1.82) is 0 Å². The van der Waals surface area contributed by atoms with Gasteiger partial charge >= 0.3 is 0 Å².